The molecule has 0 saturated carbocycles. The summed E-state index contributed by atoms with van der Waals surface area (Å²) < 4.78 is 10.6. The van der Waals surface area contributed by atoms with Gasteiger partial charge in [-0.05, 0) is 12.5 Å². The first-order valence-electron chi connectivity index (χ1n) is 6.96. The summed E-state index contributed by atoms with van der Waals surface area (Å²) in [7, 11) is 0. The van der Waals surface area contributed by atoms with Gasteiger partial charge in [0.2, 0.25) is 0 Å². The molecule has 21 heavy (non-hydrogen) atoms. The maximum absolute atomic E-state index is 12.0. The standard InChI is InChI=1S/C14H19NO5S/c1-2-3-10-8-11(13(21-10)14(17)18)20-9-12(16)15-4-6-19-7-5-15/h8H,2-7,9H2,1H3,(H,17,18). The maximum atomic E-state index is 12.0. The molecule has 2 rings (SSSR count). The van der Waals surface area contributed by atoms with Crippen LogP contribution in [0.2, 0.25) is 0 Å². The van der Waals surface area contributed by atoms with E-state index in [0.29, 0.717) is 26.3 Å². The molecule has 1 saturated heterocycles. The fourth-order valence-corrected chi connectivity index (χ4v) is 3.13. The summed E-state index contributed by atoms with van der Waals surface area (Å²) in [5.74, 6) is -0.869. The highest BCUT2D eigenvalue weighted by molar-refractivity contribution is 7.14. The second-order valence-corrected chi connectivity index (χ2v) is 5.88. The predicted octanol–water partition coefficient (Wildman–Crippen LogP) is 1.64. The molecule has 6 nitrogen and oxygen atoms in total. The minimum absolute atomic E-state index is 0.136. The van der Waals surface area contributed by atoms with Crippen LogP contribution in [0.5, 0.6) is 5.75 Å². The van der Waals surface area contributed by atoms with Crippen LogP contribution in [0.25, 0.3) is 0 Å². The number of morpholine rings is 1. The Morgan fingerprint density at radius 2 is 2.14 bits per heavy atom. The summed E-state index contributed by atoms with van der Waals surface area (Å²) in [4.78, 5) is 26.0. The number of hydrogen-bond donors (Lipinski definition) is 1. The van der Waals surface area contributed by atoms with E-state index >= 15 is 0 Å². The average molecular weight is 313 g/mol. The van der Waals surface area contributed by atoms with Crippen molar-refractivity contribution >= 4 is 23.2 Å². The number of carboxylic acids is 1. The predicted molar refractivity (Wildman–Crippen MR) is 78.2 cm³/mol. The number of carboxylic acid groups (broad SMARTS) is 1. The third kappa shape index (κ3) is 4.18. The summed E-state index contributed by atoms with van der Waals surface area (Å²) >= 11 is 1.21. The molecule has 1 aliphatic heterocycles. The molecule has 0 aromatic carbocycles. The molecule has 0 unspecified atom stereocenters. The molecular weight excluding hydrogens is 294 g/mol. The van der Waals surface area contributed by atoms with E-state index in [1.807, 2.05) is 6.92 Å². The first-order chi connectivity index (χ1) is 10.1. The molecule has 1 N–H and O–H groups in total. The van der Waals surface area contributed by atoms with Gasteiger partial charge in [-0.3, -0.25) is 4.79 Å². The van der Waals surface area contributed by atoms with Crippen molar-refractivity contribution in [1.29, 1.82) is 0 Å². The largest absolute Gasteiger partial charge is 0.482 e. The molecule has 7 heteroatoms. The molecule has 1 aromatic heterocycles. The van der Waals surface area contributed by atoms with Crippen molar-refractivity contribution in [3.8, 4) is 5.75 Å². The van der Waals surface area contributed by atoms with E-state index < -0.39 is 5.97 Å². The number of carbonyl (C=O) groups excluding carboxylic acids is 1. The number of amides is 1. The van der Waals surface area contributed by atoms with E-state index in [4.69, 9.17) is 9.47 Å². The number of aryl methyl sites for hydroxylation is 1. The molecule has 116 valence electrons. The lowest BCUT2D eigenvalue weighted by Gasteiger charge is -2.26. The number of carbonyl (C=O) groups is 2. The zero-order chi connectivity index (χ0) is 15.2. The molecule has 1 fully saturated rings. The van der Waals surface area contributed by atoms with Crippen molar-refractivity contribution in [3.05, 3.63) is 15.8 Å². The van der Waals surface area contributed by atoms with Crippen LogP contribution in [0, 0.1) is 0 Å². The average Bonchev–Trinajstić information content (AvgIpc) is 2.89. The SMILES string of the molecule is CCCc1cc(OCC(=O)N2CCOCC2)c(C(=O)O)s1. The number of ether oxygens (including phenoxy) is 2. The monoisotopic (exact) mass is 313 g/mol. The zero-order valence-corrected chi connectivity index (χ0v) is 12.8. The highest BCUT2D eigenvalue weighted by atomic mass is 32.1. The number of rotatable bonds is 6. The van der Waals surface area contributed by atoms with Crippen molar-refractivity contribution in [2.75, 3.05) is 32.9 Å². The third-order valence-electron chi connectivity index (χ3n) is 3.15. The summed E-state index contributed by atoms with van der Waals surface area (Å²) in [6, 6.07) is 1.73. The van der Waals surface area contributed by atoms with Crippen LogP contribution < -0.4 is 4.74 Å². The van der Waals surface area contributed by atoms with Crippen molar-refractivity contribution in [2.45, 2.75) is 19.8 Å². The highest BCUT2D eigenvalue weighted by Gasteiger charge is 2.20. The normalized spacial score (nSPS) is 15.0. The first kappa shape index (κ1) is 15.8. The van der Waals surface area contributed by atoms with Crippen LogP contribution in [0.1, 0.15) is 27.9 Å². The van der Waals surface area contributed by atoms with E-state index in [2.05, 4.69) is 0 Å². The third-order valence-corrected chi connectivity index (χ3v) is 4.32. The van der Waals surface area contributed by atoms with Gasteiger partial charge in [0.1, 0.15) is 5.75 Å². The molecule has 1 amide bonds. The van der Waals surface area contributed by atoms with Gasteiger partial charge in [0, 0.05) is 18.0 Å². The minimum atomic E-state index is -1.02. The number of nitrogens with zero attached hydrogens (tertiary/aromatic N) is 1. The van der Waals surface area contributed by atoms with E-state index in [9.17, 15) is 14.7 Å². The molecule has 1 aromatic rings. The molecule has 0 radical (unpaired) electrons. The molecule has 0 bridgehead atoms. The van der Waals surface area contributed by atoms with Gasteiger partial charge in [0.25, 0.3) is 5.91 Å². The molecular formula is C14H19NO5S. The van der Waals surface area contributed by atoms with Crippen molar-refractivity contribution < 1.29 is 24.2 Å². The summed E-state index contributed by atoms with van der Waals surface area (Å²) in [5.41, 5.74) is 0. The van der Waals surface area contributed by atoms with Crippen LogP contribution in [0.3, 0.4) is 0 Å². The van der Waals surface area contributed by atoms with Crippen LogP contribution in [0.15, 0.2) is 6.07 Å². The molecule has 0 aliphatic carbocycles. The Hall–Kier alpha value is -1.60. The van der Waals surface area contributed by atoms with Gasteiger partial charge < -0.3 is 19.5 Å². The smallest absolute Gasteiger partial charge is 0.349 e. The van der Waals surface area contributed by atoms with Crippen LogP contribution in [0.4, 0.5) is 0 Å². The Morgan fingerprint density at radius 1 is 1.43 bits per heavy atom. The van der Waals surface area contributed by atoms with Gasteiger partial charge in [-0.25, -0.2) is 4.79 Å². The Bertz CT molecular complexity index is 507. The van der Waals surface area contributed by atoms with Gasteiger partial charge in [0.05, 0.1) is 13.2 Å². The number of aromatic carboxylic acids is 1. The summed E-state index contributed by atoms with van der Waals surface area (Å²) in [5, 5.41) is 9.18. The first-order valence-corrected chi connectivity index (χ1v) is 7.77. The fraction of sp³-hybridized carbons (Fsp3) is 0.571. The van der Waals surface area contributed by atoms with Crippen molar-refractivity contribution in [1.82, 2.24) is 4.90 Å². The summed E-state index contributed by atoms with van der Waals surface area (Å²) in [6.07, 6.45) is 1.75. The molecule has 1 aliphatic rings. The topological polar surface area (TPSA) is 76.1 Å². The maximum Gasteiger partial charge on any atom is 0.349 e. The van der Waals surface area contributed by atoms with Gasteiger partial charge in [-0.2, -0.15) is 0 Å². The van der Waals surface area contributed by atoms with Crippen LogP contribution >= 0.6 is 11.3 Å². The van der Waals surface area contributed by atoms with Crippen molar-refractivity contribution in [2.24, 2.45) is 0 Å². The lowest BCUT2D eigenvalue weighted by atomic mass is 10.3. The second-order valence-electron chi connectivity index (χ2n) is 4.74. The van der Waals surface area contributed by atoms with Gasteiger partial charge in [-0.15, -0.1) is 11.3 Å². The van der Waals surface area contributed by atoms with E-state index in [1.165, 1.54) is 11.3 Å². The fourth-order valence-electron chi connectivity index (χ4n) is 2.09. The van der Waals surface area contributed by atoms with Crippen molar-refractivity contribution in [3.63, 3.8) is 0 Å². The van der Waals surface area contributed by atoms with E-state index in [0.717, 1.165) is 17.7 Å². The Balaban J connectivity index is 1.98. The Labute approximate surface area is 127 Å². The van der Waals surface area contributed by atoms with Gasteiger partial charge in [-0.1, -0.05) is 13.3 Å². The molecule has 0 spiro atoms. The highest BCUT2D eigenvalue weighted by Crippen LogP contribution is 2.30. The lowest BCUT2D eigenvalue weighted by molar-refractivity contribution is -0.137. The van der Waals surface area contributed by atoms with Gasteiger partial charge >= 0.3 is 5.97 Å². The molecule has 0 atom stereocenters. The van der Waals surface area contributed by atoms with Gasteiger partial charge in [0.15, 0.2) is 11.5 Å². The Morgan fingerprint density at radius 3 is 2.76 bits per heavy atom. The lowest BCUT2D eigenvalue weighted by Crippen LogP contribution is -2.43. The zero-order valence-electron chi connectivity index (χ0n) is 12.0. The number of thiophene rings is 1. The molecule has 2 heterocycles. The van der Waals surface area contributed by atoms with E-state index in [1.54, 1.807) is 11.0 Å². The minimum Gasteiger partial charge on any atom is -0.482 e. The van der Waals surface area contributed by atoms with Crippen LogP contribution in [-0.4, -0.2) is 54.8 Å². The van der Waals surface area contributed by atoms with Crippen LogP contribution in [-0.2, 0) is 16.0 Å². The Kier molecular flexibility index (Phi) is 5.58. The quantitative estimate of drug-likeness (QED) is 0.864. The summed E-state index contributed by atoms with van der Waals surface area (Å²) in [6.45, 7) is 4.07. The van der Waals surface area contributed by atoms with E-state index in [-0.39, 0.29) is 23.1 Å². The number of hydrogen-bond acceptors (Lipinski definition) is 5. The second kappa shape index (κ2) is 7.42.